The van der Waals surface area contributed by atoms with E-state index in [9.17, 15) is 18.0 Å². The predicted octanol–water partition coefficient (Wildman–Crippen LogP) is 3.51. The lowest BCUT2D eigenvalue weighted by Crippen LogP contribution is -2.29. The molecule has 2 N–H and O–H groups in total. The number of nitrogens with one attached hydrogen (secondary N) is 2. The number of benzene rings is 1. The van der Waals surface area contributed by atoms with E-state index in [0.717, 1.165) is 25.0 Å². The van der Waals surface area contributed by atoms with Crippen molar-refractivity contribution in [3.8, 4) is 5.75 Å². The molecule has 0 aromatic heterocycles. The number of alkyl halides is 3. The maximum Gasteiger partial charge on any atom is 0.573 e. The number of carbonyl (C=O) groups is 1. The van der Waals surface area contributed by atoms with Crippen molar-refractivity contribution >= 4 is 11.7 Å². The third-order valence-corrected chi connectivity index (χ3v) is 2.14. The van der Waals surface area contributed by atoms with Gasteiger partial charge >= 0.3 is 12.4 Å². The zero-order valence-corrected chi connectivity index (χ0v) is 10.4. The predicted molar refractivity (Wildman–Crippen MR) is 65.1 cm³/mol. The highest BCUT2D eigenvalue weighted by Crippen LogP contribution is 2.24. The molecule has 1 rings (SSSR count). The summed E-state index contributed by atoms with van der Waals surface area (Å²) in [7, 11) is 0. The number of hydrogen-bond donors (Lipinski definition) is 2. The Kier molecular flexibility index (Phi) is 5.47. The molecule has 7 heteroatoms. The molecule has 19 heavy (non-hydrogen) atoms. The zero-order chi connectivity index (χ0) is 14.3. The van der Waals surface area contributed by atoms with Crippen LogP contribution in [0.5, 0.6) is 5.75 Å². The molecule has 0 saturated heterocycles. The summed E-state index contributed by atoms with van der Waals surface area (Å²) in [4.78, 5) is 11.4. The smallest absolute Gasteiger partial charge is 0.406 e. The van der Waals surface area contributed by atoms with E-state index < -0.39 is 12.4 Å². The van der Waals surface area contributed by atoms with E-state index in [4.69, 9.17) is 0 Å². The summed E-state index contributed by atoms with van der Waals surface area (Å²) in [6.07, 6.45) is -2.97. The number of carbonyl (C=O) groups excluding carboxylic acids is 1. The van der Waals surface area contributed by atoms with Gasteiger partial charge in [0.25, 0.3) is 0 Å². The zero-order valence-electron chi connectivity index (χ0n) is 10.4. The molecule has 1 aromatic rings. The van der Waals surface area contributed by atoms with Gasteiger partial charge in [-0.3, -0.25) is 0 Å². The van der Waals surface area contributed by atoms with Crippen molar-refractivity contribution in [2.75, 3.05) is 11.9 Å². The molecule has 0 heterocycles. The third kappa shape index (κ3) is 6.54. The lowest BCUT2D eigenvalue weighted by atomic mass is 10.3. The van der Waals surface area contributed by atoms with E-state index in [1.54, 1.807) is 0 Å². The molecule has 0 aliphatic rings. The van der Waals surface area contributed by atoms with Crippen LogP contribution in [0.25, 0.3) is 0 Å². The van der Waals surface area contributed by atoms with Crippen LogP contribution < -0.4 is 15.4 Å². The summed E-state index contributed by atoms with van der Waals surface area (Å²) in [6.45, 7) is 2.50. The van der Waals surface area contributed by atoms with Crippen LogP contribution in [0.1, 0.15) is 19.8 Å². The van der Waals surface area contributed by atoms with Crippen molar-refractivity contribution in [1.29, 1.82) is 0 Å². The van der Waals surface area contributed by atoms with Gasteiger partial charge in [0.05, 0.1) is 0 Å². The molecule has 1 aromatic carbocycles. The first-order valence-corrected chi connectivity index (χ1v) is 5.81. The van der Waals surface area contributed by atoms with Crippen molar-refractivity contribution in [3.63, 3.8) is 0 Å². The van der Waals surface area contributed by atoms with Crippen molar-refractivity contribution in [3.05, 3.63) is 24.3 Å². The molecule has 4 nitrogen and oxygen atoms in total. The number of amides is 2. The standard InChI is InChI=1S/C12H15F3N2O2/c1-2-3-7-16-11(18)17-9-5-4-6-10(8-9)19-12(13,14)15/h4-6,8H,2-3,7H2,1H3,(H2,16,17,18). The molecular weight excluding hydrogens is 261 g/mol. The summed E-state index contributed by atoms with van der Waals surface area (Å²) in [5.41, 5.74) is 0.232. The Labute approximate surface area is 108 Å². The van der Waals surface area contributed by atoms with Crippen LogP contribution in [0.3, 0.4) is 0 Å². The molecule has 0 radical (unpaired) electrons. The van der Waals surface area contributed by atoms with Crippen LogP contribution in [-0.4, -0.2) is 18.9 Å². The van der Waals surface area contributed by atoms with Crippen LogP contribution in [0.4, 0.5) is 23.7 Å². The van der Waals surface area contributed by atoms with Gasteiger partial charge < -0.3 is 15.4 Å². The van der Waals surface area contributed by atoms with Gasteiger partial charge in [0.1, 0.15) is 5.75 Å². The fourth-order valence-electron chi connectivity index (χ4n) is 1.32. The topological polar surface area (TPSA) is 50.4 Å². The van der Waals surface area contributed by atoms with E-state index >= 15 is 0 Å². The van der Waals surface area contributed by atoms with Crippen molar-refractivity contribution in [2.24, 2.45) is 0 Å². The lowest BCUT2D eigenvalue weighted by Gasteiger charge is -2.11. The Morgan fingerprint density at radius 3 is 2.74 bits per heavy atom. The maximum atomic E-state index is 12.0. The molecule has 0 atom stereocenters. The van der Waals surface area contributed by atoms with Crippen LogP contribution in [0, 0.1) is 0 Å². The highest BCUT2D eigenvalue weighted by atomic mass is 19.4. The van der Waals surface area contributed by atoms with E-state index in [-0.39, 0.29) is 11.4 Å². The molecule has 0 saturated carbocycles. The first-order valence-electron chi connectivity index (χ1n) is 5.81. The van der Waals surface area contributed by atoms with Gasteiger partial charge in [0.15, 0.2) is 0 Å². The van der Waals surface area contributed by atoms with Crippen LogP contribution >= 0.6 is 0 Å². The van der Waals surface area contributed by atoms with Crippen molar-refractivity contribution < 1.29 is 22.7 Å². The minimum Gasteiger partial charge on any atom is -0.406 e. The molecule has 0 aliphatic heterocycles. The second-order valence-corrected chi connectivity index (χ2v) is 3.81. The summed E-state index contributed by atoms with van der Waals surface area (Å²) in [5, 5.41) is 5.02. The fourth-order valence-corrected chi connectivity index (χ4v) is 1.32. The SMILES string of the molecule is CCCCNC(=O)Nc1cccc(OC(F)(F)F)c1. The van der Waals surface area contributed by atoms with Crippen molar-refractivity contribution in [1.82, 2.24) is 5.32 Å². The summed E-state index contributed by atoms with van der Waals surface area (Å²) in [5.74, 6) is -0.376. The van der Waals surface area contributed by atoms with Gasteiger partial charge in [-0.15, -0.1) is 13.2 Å². The average Bonchev–Trinajstić information content (AvgIpc) is 2.27. The minimum atomic E-state index is -4.75. The summed E-state index contributed by atoms with van der Waals surface area (Å²) in [6, 6.07) is 4.64. The Balaban J connectivity index is 2.54. The Bertz CT molecular complexity index is 422. The second kappa shape index (κ2) is 6.86. The molecular formula is C12H15F3N2O2. The van der Waals surface area contributed by atoms with E-state index in [1.165, 1.54) is 12.1 Å². The van der Waals surface area contributed by atoms with Gasteiger partial charge in [0.2, 0.25) is 0 Å². The normalized spacial score (nSPS) is 10.9. The molecule has 0 aliphatic carbocycles. The number of halogens is 3. The number of rotatable bonds is 5. The Morgan fingerprint density at radius 2 is 2.11 bits per heavy atom. The number of hydrogen-bond acceptors (Lipinski definition) is 2. The van der Waals surface area contributed by atoms with E-state index in [2.05, 4.69) is 15.4 Å². The first-order chi connectivity index (χ1) is 8.90. The minimum absolute atomic E-state index is 0.232. The lowest BCUT2D eigenvalue weighted by molar-refractivity contribution is -0.274. The number of unbranched alkanes of at least 4 members (excludes halogenated alkanes) is 1. The highest BCUT2D eigenvalue weighted by molar-refractivity contribution is 5.89. The van der Waals surface area contributed by atoms with Crippen LogP contribution in [0.15, 0.2) is 24.3 Å². The van der Waals surface area contributed by atoms with Gasteiger partial charge in [-0.2, -0.15) is 0 Å². The van der Waals surface area contributed by atoms with E-state index in [0.29, 0.717) is 6.54 Å². The second-order valence-electron chi connectivity index (χ2n) is 3.81. The average molecular weight is 276 g/mol. The molecule has 0 bridgehead atoms. The van der Waals surface area contributed by atoms with Crippen molar-refractivity contribution in [2.45, 2.75) is 26.1 Å². The van der Waals surface area contributed by atoms with Crippen LogP contribution in [0.2, 0.25) is 0 Å². The fraction of sp³-hybridized carbons (Fsp3) is 0.417. The van der Waals surface area contributed by atoms with Gasteiger partial charge in [-0.1, -0.05) is 19.4 Å². The first kappa shape index (κ1) is 15.1. The van der Waals surface area contributed by atoms with E-state index in [1.807, 2.05) is 6.92 Å². The Hall–Kier alpha value is -1.92. The highest BCUT2D eigenvalue weighted by Gasteiger charge is 2.31. The molecule has 2 amide bonds. The molecule has 0 fully saturated rings. The molecule has 0 spiro atoms. The Morgan fingerprint density at radius 1 is 1.37 bits per heavy atom. The van der Waals surface area contributed by atoms with Gasteiger partial charge in [-0.05, 0) is 18.6 Å². The van der Waals surface area contributed by atoms with Gasteiger partial charge in [-0.25, -0.2) is 4.79 Å². The van der Waals surface area contributed by atoms with Gasteiger partial charge in [0, 0.05) is 18.3 Å². The monoisotopic (exact) mass is 276 g/mol. The summed E-state index contributed by atoms with van der Waals surface area (Å²) >= 11 is 0. The number of anilines is 1. The number of ether oxygens (including phenoxy) is 1. The molecule has 0 unspecified atom stereocenters. The largest absolute Gasteiger partial charge is 0.573 e. The number of urea groups is 1. The third-order valence-electron chi connectivity index (χ3n) is 2.14. The maximum absolute atomic E-state index is 12.0. The molecule has 106 valence electrons. The summed E-state index contributed by atoms with van der Waals surface area (Å²) < 4.78 is 39.8. The van der Waals surface area contributed by atoms with Crippen LogP contribution in [-0.2, 0) is 0 Å². The quantitative estimate of drug-likeness (QED) is 0.808.